The van der Waals surface area contributed by atoms with Crippen molar-refractivity contribution in [2.45, 2.75) is 31.7 Å². The van der Waals surface area contributed by atoms with Gasteiger partial charge in [-0.1, -0.05) is 42.5 Å². The smallest absolute Gasteiger partial charge is 0.248 e. The third-order valence-corrected chi connectivity index (χ3v) is 4.65. The van der Waals surface area contributed by atoms with Crippen LogP contribution in [0.1, 0.15) is 27.9 Å². The molecule has 3 rings (SSSR count). The number of rotatable bonds is 7. The standard InChI is InChI=1S/C20H25N3O2/c21-20(25)17-8-4-7-16(9-17)11-22-12-18-10-19(24)14-23(18)13-15-5-2-1-3-6-15/h1-9,18-19,22,24H,10-14H2,(H2,21,25). The molecule has 5 nitrogen and oxygen atoms in total. The first-order valence-electron chi connectivity index (χ1n) is 8.67. The van der Waals surface area contributed by atoms with Crippen molar-refractivity contribution in [1.29, 1.82) is 0 Å². The molecule has 1 fully saturated rings. The van der Waals surface area contributed by atoms with E-state index in [-0.39, 0.29) is 6.10 Å². The second kappa shape index (κ2) is 8.25. The van der Waals surface area contributed by atoms with Gasteiger partial charge in [-0.3, -0.25) is 9.69 Å². The number of amides is 1. The van der Waals surface area contributed by atoms with E-state index >= 15 is 0 Å². The normalized spacial score (nSPS) is 20.7. The highest BCUT2D eigenvalue weighted by Crippen LogP contribution is 2.20. The summed E-state index contributed by atoms with van der Waals surface area (Å²) in [7, 11) is 0. The number of aliphatic hydroxyl groups is 1. The second-order valence-corrected chi connectivity index (χ2v) is 6.65. The van der Waals surface area contributed by atoms with Crippen LogP contribution in [0.25, 0.3) is 0 Å². The van der Waals surface area contributed by atoms with Crippen LogP contribution < -0.4 is 11.1 Å². The van der Waals surface area contributed by atoms with Gasteiger partial charge >= 0.3 is 0 Å². The molecule has 0 spiro atoms. The van der Waals surface area contributed by atoms with E-state index in [0.717, 1.165) is 25.1 Å². The van der Waals surface area contributed by atoms with Crippen molar-refractivity contribution >= 4 is 5.91 Å². The molecule has 0 bridgehead atoms. The van der Waals surface area contributed by atoms with Gasteiger partial charge in [0.05, 0.1) is 6.10 Å². The van der Waals surface area contributed by atoms with Crippen LogP contribution in [0, 0.1) is 0 Å². The fourth-order valence-corrected chi connectivity index (χ4v) is 3.40. The SMILES string of the molecule is NC(=O)c1cccc(CNCC2CC(O)CN2Cc2ccccc2)c1. The number of hydrogen-bond acceptors (Lipinski definition) is 4. The summed E-state index contributed by atoms with van der Waals surface area (Å²) >= 11 is 0. The van der Waals surface area contributed by atoms with E-state index in [2.05, 4.69) is 22.3 Å². The third-order valence-electron chi connectivity index (χ3n) is 4.65. The first kappa shape index (κ1) is 17.6. The van der Waals surface area contributed by atoms with E-state index in [1.807, 2.05) is 36.4 Å². The highest BCUT2D eigenvalue weighted by Gasteiger charge is 2.30. The molecule has 132 valence electrons. The van der Waals surface area contributed by atoms with Crippen LogP contribution in [-0.2, 0) is 13.1 Å². The molecule has 1 heterocycles. The lowest BCUT2D eigenvalue weighted by Crippen LogP contribution is -2.37. The summed E-state index contributed by atoms with van der Waals surface area (Å²) in [5.74, 6) is -0.408. The van der Waals surface area contributed by atoms with Gasteiger partial charge in [0.25, 0.3) is 0 Å². The fourth-order valence-electron chi connectivity index (χ4n) is 3.40. The molecule has 1 amide bonds. The van der Waals surface area contributed by atoms with E-state index < -0.39 is 5.91 Å². The second-order valence-electron chi connectivity index (χ2n) is 6.65. The van der Waals surface area contributed by atoms with Gasteiger partial charge in [0, 0.05) is 37.8 Å². The fraction of sp³-hybridized carbons (Fsp3) is 0.350. The predicted octanol–water partition coefficient (Wildman–Crippen LogP) is 1.51. The Morgan fingerprint density at radius 2 is 1.92 bits per heavy atom. The Kier molecular flexibility index (Phi) is 5.81. The summed E-state index contributed by atoms with van der Waals surface area (Å²) in [5.41, 5.74) is 8.14. The number of benzene rings is 2. The van der Waals surface area contributed by atoms with Crippen LogP contribution in [0.3, 0.4) is 0 Å². The molecule has 2 aromatic carbocycles. The van der Waals surface area contributed by atoms with Gasteiger partial charge in [0.2, 0.25) is 5.91 Å². The Labute approximate surface area is 148 Å². The van der Waals surface area contributed by atoms with Crippen molar-refractivity contribution < 1.29 is 9.90 Å². The first-order valence-corrected chi connectivity index (χ1v) is 8.67. The molecular formula is C20H25N3O2. The number of β-amino-alcohol motifs (C(OH)–C–C–N with tert-alkyl or cyclic N) is 1. The summed E-state index contributed by atoms with van der Waals surface area (Å²) < 4.78 is 0. The maximum absolute atomic E-state index is 11.3. The summed E-state index contributed by atoms with van der Waals surface area (Å²) in [5, 5.41) is 13.5. The van der Waals surface area contributed by atoms with Gasteiger partial charge in [0.1, 0.15) is 0 Å². The summed E-state index contributed by atoms with van der Waals surface area (Å²) in [6.07, 6.45) is 0.509. The zero-order valence-electron chi connectivity index (χ0n) is 14.3. The Bertz CT molecular complexity index is 705. The van der Waals surface area contributed by atoms with E-state index in [1.54, 1.807) is 6.07 Å². The Hall–Kier alpha value is -2.21. The monoisotopic (exact) mass is 339 g/mol. The van der Waals surface area contributed by atoms with E-state index in [0.29, 0.717) is 24.7 Å². The number of likely N-dealkylation sites (tertiary alicyclic amines) is 1. The van der Waals surface area contributed by atoms with E-state index in [9.17, 15) is 9.90 Å². The zero-order chi connectivity index (χ0) is 17.6. The summed E-state index contributed by atoms with van der Waals surface area (Å²) in [4.78, 5) is 13.6. The Morgan fingerprint density at radius 3 is 2.68 bits per heavy atom. The Balaban J connectivity index is 1.54. The minimum absolute atomic E-state index is 0.270. The van der Waals surface area contributed by atoms with Crippen LogP contribution in [0.4, 0.5) is 0 Å². The number of carbonyl (C=O) groups excluding carboxylic acids is 1. The molecule has 2 atom stereocenters. The van der Waals surface area contributed by atoms with Gasteiger partial charge < -0.3 is 16.2 Å². The van der Waals surface area contributed by atoms with Gasteiger partial charge in [-0.25, -0.2) is 0 Å². The topological polar surface area (TPSA) is 78.6 Å². The Morgan fingerprint density at radius 1 is 1.16 bits per heavy atom. The number of primary amides is 1. The van der Waals surface area contributed by atoms with Crippen molar-refractivity contribution in [3.63, 3.8) is 0 Å². The molecule has 2 aromatic rings. The number of carbonyl (C=O) groups is 1. The van der Waals surface area contributed by atoms with Crippen molar-refractivity contribution in [1.82, 2.24) is 10.2 Å². The molecular weight excluding hydrogens is 314 g/mol. The van der Waals surface area contributed by atoms with Crippen molar-refractivity contribution in [3.05, 3.63) is 71.3 Å². The van der Waals surface area contributed by atoms with Crippen LogP contribution >= 0.6 is 0 Å². The van der Waals surface area contributed by atoms with Crippen LogP contribution in [0.15, 0.2) is 54.6 Å². The highest BCUT2D eigenvalue weighted by atomic mass is 16.3. The maximum atomic E-state index is 11.3. The largest absolute Gasteiger partial charge is 0.392 e. The van der Waals surface area contributed by atoms with Crippen molar-refractivity contribution in [3.8, 4) is 0 Å². The average molecular weight is 339 g/mol. The van der Waals surface area contributed by atoms with Crippen LogP contribution in [0.5, 0.6) is 0 Å². The molecule has 0 radical (unpaired) electrons. The minimum Gasteiger partial charge on any atom is -0.392 e. The summed E-state index contributed by atoms with van der Waals surface area (Å²) in [6, 6.07) is 18.0. The van der Waals surface area contributed by atoms with Gasteiger partial charge in [0.15, 0.2) is 0 Å². The highest BCUT2D eigenvalue weighted by molar-refractivity contribution is 5.92. The van der Waals surface area contributed by atoms with Crippen molar-refractivity contribution in [2.24, 2.45) is 5.73 Å². The number of nitrogens with zero attached hydrogens (tertiary/aromatic N) is 1. The first-order chi connectivity index (χ1) is 12.1. The van der Waals surface area contributed by atoms with Gasteiger partial charge in [-0.2, -0.15) is 0 Å². The minimum atomic E-state index is -0.408. The molecule has 0 saturated carbocycles. The maximum Gasteiger partial charge on any atom is 0.248 e. The number of nitrogens with one attached hydrogen (secondary N) is 1. The van der Waals surface area contributed by atoms with Gasteiger partial charge in [-0.05, 0) is 29.7 Å². The summed E-state index contributed by atoms with van der Waals surface area (Å²) in [6.45, 7) is 3.03. The molecule has 0 aromatic heterocycles. The molecule has 25 heavy (non-hydrogen) atoms. The number of hydrogen-bond donors (Lipinski definition) is 3. The van der Waals surface area contributed by atoms with Crippen molar-refractivity contribution in [2.75, 3.05) is 13.1 Å². The lowest BCUT2D eigenvalue weighted by Gasteiger charge is -2.24. The number of nitrogens with two attached hydrogens (primary N) is 1. The van der Waals surface area contributed by atoms with E-state index in [1.165, 1.54) is 5.56 Å². The molecule has 1 aliphatic rings. The molecule has 4 N–H and O–H groups in total. The average Bonchev–Trinajstić information content (AvgIpc) is 2.95. The quantitative estimate of drug-likeness (QED) is 0.714. The van der Waals surface area contributed by atoms with Crippen LogP contribution in [-0.4, -0.2) is 41.1 Å². The molecule has 5 heteroatoms. The lowest BCUT2D eigenvalue weighted by atomic mass is 10.1. The third kappa shape index (κ3) is 4.89. The molecule has 1 saturated heterocycles. The van der Waals surface area contributed by atoms with Gasteiger partial charge in [-0.15, -0.1) is 0 Å². The van der Waals surface area contributed by atoms with Crippen LogP contribution in [0.2, 0.25) is 0 Å². The predicted molar refractivity (Wildman–Crippen MR) is 97.9 cm³/mol. The molecule has 0 aliphatic carbocycles. The zero-order valence-corrected chi connectivity index (χ0v) is 14.3. The molecule has 2 unspecified atom stereocenters. The number of aliphatic hydroxyl groups excluding tert-OH is 1. The van der Waals surface area contributed by atoms with E-state index in [4.69, 9.17) is 5.73 Å². The molecule has 1 aliphatic heterocycles. The lowest BCUT2D eigenvalue weighted by molar-refractivity contribution is 0.1000.